The van der Waals surface area contributed by atoms with Crippen molar-refractivity contribution in [2.24, 2.45) is 5.41 Å². The van der Waals surface area contributed by atoms with Crippen LogP contribution in [0.3, 0.4) is 0 Å². The van der Waals surface area contributed by atoms with Crippen LogP contribution in [0.4, 0.5) is 0 Å². The van der Waals surface area contributed by atoms with Crippen LogP contribution in [0.25, 0.3) is 0 Å². The highest BCUT2D eigenvalue weighted by Crippen LogP contribution is 2.40. The van der Waals surface area contributed by atoms with Crippen molar-refractivity contribution in [2.75, 3.05) is 6.61 Å². The van der Waals surface area contributed by atoms with Gasteiger partial charge >= 0.3 is 5.97 Å². The Hall–Kier alpha value is -1.05. The number of carbonyl (C=O) groups is 1. The van der Waals surface area contributed by atoms with Gasteiger partial charge in [-0.15, -0.1) is 0 Å². The molecule has 1 aliphatic rings. The predicted octanol–water partition coefficient (Wildman–Crippen LogP) is 2.85. The highest BCUT2D eigenvalue weighted by molar-refractivity contribution is 5.73. The van der Waals surface area contributed by atoms with E-state index in [9.17, 15) is 4.79 Å². The van der Waals surface area contributed by atoms with Crippen molar-refractivity contribution in [3.05, 3.63) is 23.3 Å². The van der Waals surface area contributed by atoms with Crippen LogP contribution in [-0.2, 0) is 9.53 Å². The van der Waals surface area contributed by atoms with Gasteiger partial charge in [-0.2, -0.15) is 0 Å². The normalized spacial score (nSPS) is 18.9. The Bertz CT molecular complexity index is 295. The van der Waals surface area contributed by atoms with Gasteiger partial charge in [0.1, 0.15) is 0 Å². The van der Waals surface area contributed by atoms with E-state index >= 15 is 0 Å². The maximum atomic E-state index is 11.3. The van der Waals surface area contributed by atoms with Gasteiger partial charge in [0.25, 0.3) is 0 Å². The number of rotatable bonds is 3. The summed E-state index contributed by atoms with van der Waals surface area (Å²) in [6.07, 6.45) is 4.52. The summed E-state index contributed by atoms with van der Waals surface area (Å²) in [6.45, 7) is 8.65. The summed E-state index contributed by atoms with van der Waals surface area (Å²) in [6, 6.07) is 0. The Balaban J connectivity index is 2.62. The third-order valence-corrected chi connectivity index (χ3v) is 2.96. The van der Waals surface area contributed by atoms with E-state index < -0.39 is 0 Å². The van der Waals surface area contributed by atoms with Gasteiger partial charge in [-0.1, -0.05) is 31.6 Å². The number of allylic oxidation sites excluding steroid dienone is 3. The van der Waals surface area contributed by atoms with Gasteiger partial charge in [-0.25, -0.2) is 0 Å². The minimum Gasteiger partial charge on any atom is -0.466 e. The number of hydrogen-bond acceptors (Lipinski definition) is 2. The maximum Gasteiger partial charge on any atom is 0.309 e. The lowest BCUT2D eigenvalue weighted by molar-refractivity contribution is -0.142. The number of carbonyl (C=O) groups excluding carboxylic acids is 1. The summed E-state index contributed by atoms with van der Waals surface area (Å²) in [7, 11) is 0. The van der Waals surface area contributed by atoms with Gasteiger partial charge < -0.3 is 4.74 Å². The Labute approximate surface area is 85.6 Å². The second kappa shape index (κ2) is 3.99. The first-order valence-corrected chi connectivity index (χ1v) is 5.02. The van der Waals surface area contributed by atoms with Crippen molar-refractivity contribution in [3.63, 3.8) is 0 Å². The quantitative estimate of drug-likeness (QED) is 0.646. The Kier molecular flexibility index (Phi) is 3.14. The molecule has 0 atom stereocenters. The molecule has 78 valence electrons. The van der Waals surface area contributed by atoms with Gasteiger partial charge in [0, 0.05) is 5.41 Å². The van der Waals surface area contributed by atoms with E-state index in [1.165, 1.54) is 5.57 Å². The highest BCUT2D eigenvalue weighted by Gasteiger charge is 2.29. The van der Waals surface area contributed by atoms with E-state index in [0.29, 0.717) is 13.0 Å². The monoisotopic (exact) mass is 194 g/mol. The first-order chi connectivity index (χ1) is 6.48. The molecule has 0 aromatic heterocycles. The summed E-state index contributed by atoms with van der Waals surface area (Å²) in [4.78, 5) is 11.3. The molecule has 14 heavy (non-hydrogen) atoms. The van der Waals surface area contributed by atoms with Crippen molar-refractivity contribution >= 4 is 5.97 Å². The van der Waals surface area contributed by atoms with Crippen LogP contribution in [0, 0.1) is 5.41 Å². The van der Waals surface area contributed by atoms with Gasteiger partial charge in [-0.3, -0.25) is 4.79 Å². The standard InChI is InChI=1S/C12H18O2/c1-5-14-11(13)8-10-7-6-9(2)12(10,3)4/h6-7H,5,8H2,1-4H3. The van der Waals surface area contributed by atoms with E-state index in [-0.39, 0.29) is 11.4 Å². The molecule has 2 heteroatoms. The topological polar surface area (TPSA) is 26.3 Å². The Morgan fingerprint density at radius 1 is 1.43 bits per heavy atom. The molecule has 0 N–H and O–H groups in total. The molecule has 0 unspecified atom stereocenters. The van der Waals surface area contributed by atoms with Gasteiger partial charge in [0.05, 0.1) is 13.0 Å². The fourth-order valence-corrected chi connectivity index (χ4v) is 1.54. The average Bonchev–Trinajstić information content (AvgIpc) is 2.32. The fraction of sp³-hybridized carbons (Fsp3) is 0.583. The minimum absolute atomic E-state index is 0.0206. The second-order valence-electron chi connectivity index (χ2n) is 4.15. The number of hydrogen-bond donors (Lipinski definition) is 0. The summed E-state index contributed by atoms with van der Waals surface area (Å²) >= 11 is 0. The van der Waals surface area contributed by atoms with Crippen LogP contribution in [-0.4, -0.2) is 12.6 Å². The summed E-state index contributed by atoms with van der Waals surface area (Å²) in [5, 5.41) is 0. The Morgan fingerprint density at radius 2 is 2.07 bits per heavy atom. The van der Waals surface area contributed by atoms with Crippen molar-refractivity contribution in [1.82, 2.24) is 0 Å². The lowest BCUT2D eigenvalue weighted by atomic mass is 9.80. The first kappa shape index (κ1) is 11.0. The van der Waals surface area contributed by atoms with Gasteiger partial charge in [0.15, 0.2) is 0 Å². The van der Waals surface area contributed by atoms with Crippen molar-refractivity contribution < 1.29 is 9.53 Å². The SMILES string of the molecule is CCOC(=O)CC1=CC=C(C)C1(C)C. The fourth-order valence-electron chi connectivity index (χ4n) is 1.54. The molecule has 0 fully saturated rings. The summed E-state index contributed by atoms with van der Waals surface area (Å²) < 4.78 is 4.93. The van der Waals surface area contributed by atoms with Crippen LogP contribution >= 0.6 is 0 Å². The molecule has 1 aliphatic carbocycles. The minimum atomic E-state index is -0.130. The molecule has 0 saturated carbocycles. The van der Waals surface area contributed by atoms with Crippen LogP contribution < -0.4 is 0 Å². The average molecular weight is 194 g/mol. The zero-order valence-electron chi connectivity index (χ0n) is 9.39. The molecule has 0 heterocycles. The van der Waals surface area contributed by atoms with Crippen LogP contribution in [0.15, 0.2) is 23.3 Å². The molecule has 0 bridgehead atoms. The van der Waals surface area contributed by atoms with E-state index in [1.807, 2.05) is 13.0 Å². The molecule has 0 aliphatic heterocycles. The van der Waals surface area contributed by atoms with Crippen molar-refractivity contribution in [3.8, 4) is 0 Å². The van der Waals surface area contributed by atoms with Crippen molar-refractivity contribution in [1.29, 1.82) is 0 Å². The lowest BCUT2D eigenvalue weighted by Gasteiger charge is -2.24. The third-order valence-electron chi connectivity index (χ3n) is 2.96. The molecule has 0 spiro atoms. The third kappa shape index (κ3) is 2.06. The Morgan fingerprint density at radius 3 is 2.50 bits per heavy atom. The van der Waals surface area contributed by atoms with Crippen LogP contribution in [0.2, 0.25) is 0 Å². The second-order valence-corrected chi connectivity index (χ2v) is 4.15. The first-order valence-electron chi connectivity index (χ1n) is 5.02. The molecular formula is C12H18O2. The smallest absolute Gasteiger partial charge is 0.309 e. The van der Waals surface area contributed by atoms with Crippen LogP contribution in [0.5, 0.6) is 0 Å². The number of ether oxygens (including phenoxy) is 1. The van der Waals surface area contributed by atoms with Gasteiger partial charge in [0.2, 0.25) is 0 Å². The molecule has 0 radical (unpaired) electrons. The molecule has 0 aromatic carbocycles. The van der Waals surface area contributed by atoms with Crippen molar-refractivity contribution in [2.45, 2.75) is 34.1 Å². The highest BCUT2D eigenvalue weighted by atomic mass is 16.5. The predicted molar refractivity (Wildman–Crippen MR) is 56.9 cm³/mol. The summed E-state index contributed by atoms with van der Waals surface area (Å²) in [5.41, 5.74) is 2.47. The maximum absolute atomic E-state index is 11.3. The van der Waals surface area contributed by atoms with E-state index in [2.05, 4.69) is 26.8 Å². The zero-order valence-corrected chi connectivity index (χ0v) is 9.39. The number of esters is 1. The van der Waals surface area contributed by atoms with Crippen LogP contribution in [0.1, 0.15) is 34.1 Å². The van der Waals surface area contributed by atoms with Gasteiger partial charge in [-0.05, 0) is 19.4 Å². The van der Waals surface area contributed by atoms with E-state index in [1.54, 1.807) is 0 Å². The molecule has 0 saturated heterocycles. The molecule has 1 rings (SSSR count). The zero-order chi connectivity index (χ0) is 10.8. The largest absolute Gasteiger partial charge is 0.466 e. The molecule has 0 amide bonds. The van der Waals surface area contributed by atoms with E-state index in [4.69, 9.17) is 4.74 Å². The lowest BCUT2D eigenvalue weighted by Crippen LogP contribution is -2.17. The summed E-state index contributed by atoms with van der Waals surface area (Å²) in [5.74, 6) is -0.130. The molecule has 0 aromatic rings. The molecular weight excluding hydrogens is 176 g/mol. The molecule has 2 nitrogen and oxygen atoms in total. The van der Waals surface area contributed by atoms with E-state index in [0.717, 1.165) is 5.57 Å².